The molecule has 1 N–H and O–H groups in total. The fourth-order valence-corrected chi connectivity index (χ4v) is 5.05. The number of nitrogens with zero attached hydrogens (tertiary/aromatic N) is 2. The Morgan fingerprint density at radius 3 is 2.24 bits per heavy atom. The lowest BCUT2D eigenvalue weighted by Gasteiger charge is -2.33. The van der Waals surface area contributed by atoms with Gasteiger partial charge < -0.3 is 15.0 Å². The highest BCUT2D eigenvalue weighted by atomic mass is 35.5. The van der Waals surface area contributed by atoms with Crippen molar-refractivity contribution >= 4 is 39.1 Å². The first-order valence-electron chi connectivity index (χ1n) is 11.5. The lowest BCUT2D eigenvalue weighted by atomic mass is 10.0. The summed E-state index contributed by atoms with van der Waals surface area (Å²) >= 11 is 6.18. The SMILES string of the molecule is CNC(=O)C(Cc1ccccc1)N(Cc1cccc(Cl)c1)C(=O)CN(c1ccccc1OC)S(C)(=O)=O. The zero-order chi connectivity index (χ0) is 27.0. The number of likely N-dealkylation sites (N-methyl/N-ethyl adjacent to an activating group) is 1. The summed E-state index contributed by atoms with van der Waals surface area (Å²) in [6.07, 6.45) is 1.26. The molecule has 1 unspecified atom stereocenters. The number of amides is 2. The third-order valence-electron chi connectivity index (χ3n) is 5.79. The summed E-state index contributed by atoms with van der Waals surface area (Å²) in [6.45, 7) is -0.476. The van der Waals surface area contributed by atoms with Crippen molar-refractivity contribution < 1.29 is 22.7 Å². The molecular weight excluding hydrogens is 514 g/mol. The summed E-state index contributed by atoms with van der Waals surface area (Å²) < 4.78 is 32.0. The van der Waals surface area contributed by atoms with Crippen LogP contribution in [0.15, 0.2) is 78.9 Å². The second-order valence-corrected chi connectivity index (χ2v) is 10.8. The number of sulfonamides is 1. The number of carbonyl (C=O) groups is 2. The summed E-state index contributed by atoms with van der Waals surface area (Å²) in [7, 11) is -0.960. The van der Waals surface area contributed by atoms with Gasteiger partial charge in [-0.1, -0.05) is 66.2 Å². The number of ether oxygens (including phenoxy) is 1. The average molecular weight is 544 g/mol. The van der Waals surface area contributed by atoms with Gasteiger partial charge >= 0.3 is 0 Å². The molecule has 0 aliphatic carbocycles. The van der Waals surface area contributed by atoms with Crippen LogP contribution in [0.1, 0.15) is 11.1 Å². The zero-order valence-corrected chi connectivity index (χ0v) is 22.5. The average Bonchev–Trinajstić information content (AvgIpc) is 2.88. The van der Waals surface area contributed by atoms with Crippen molar-refractivity contribution in [2.24, 2.45) is 0 Å². The maximum Gasteiger partial charge on any atom is 0.244 e. The van der Waals surface area contributed by atoms with Crippen molar-refractivity contribution in [1.29, 1.82) is 0 Å². The standard InChI is InChI=1S/C27H30ClN3O5S/c1-29-27(33)24(17-20-10-5-4-6-11-20)30(18-21-12-9-13-22(28)16-21)26(32)19-31(37(3,34)35)23-14-7-8-15-25(23)36-2/h4-16,24H,17-19H2,1-3H3,(H,29,33). The Bertz CT molecular complexity index is 1330. The number of hydrogen-bond donors (Lipinski definition) is 1. The maximum absolute atomic E-state index is 13.9. The molecule has 3 rings (SSSR count). The van der Waals surface area contributed by atoms with E-state index in [9.17, 15) is 18.0 Å². The van der Waals surface area contributed by atoms with Gasteiger partial charge in [0.05, 0.1) is 19.1 Å². The van der Waals surface area contributed by atoms with Crippen molar-refractivity contribution in [3.05, 3.63) is 95.0 Å². The third-order valence-corrected chi connectivity index (χ3v) is 7.15. The van der Waals surface area contributed by atoms with E-state index < -0.39 is 28.5 Å². The monoisotopic (exact) mass is 543 g/mol. The lowest BCUT2D eigenvalue weighted by molar-refractivity contribution is -0.139. The number of rotatable bonds is 11. The Kier molecular flexibility index (Phi) is 9.54. The molecule has 8 nitrogen and oxygen atoms in total. The first kappa shape index (κ1) is 28.0. The van der Waals surface area contributed by atoms with E-state index in [-0.39, 0.29) is 24.6 Å². The minimum atomic E-state index is -3.88. The number of carbonyl (C=O) groups excluding carboxylic acids is 2. The number of nitrogens with one attached hydrogen (secondary N) is 1. The molecule has 0 bridgehead atoms. The Morgan fingerprint density at radius 1 is 0.973 bits per heavy atom. The highest BCUT2D eigenvalue weighted by Crippen LogP contribution is 2.30. The van der Waals surface area contributed by atoms with Gasteiger partial charge in [-0.25, -0.2) is 8.42 Å². The smallest absolute Gasteiger partial charge is 0.244 e. The van der Waals surface area contributed by atoms with Crippen LogP contribution in [-0.2, 0) is 32.6 Å². The van der Waals surface area contributed by atoms with E-state index in [1.807, 2.05) is 30.3 Å². The van der Waals surface area contributed by atoms with Crippen molar-refractivity contribution in [1.82, 2.24) is 10.2 Å². The van der Waals surface area contributed by atoms with Gasteiger partial charge in [0.15, 0.2) is 0 Å². The summed E-state index contributed by atoms with van der Waals surface area (Å²) in [6, 6.07) is 21.9. The lowest BCUT2D eigenvalue weighted by Crippen LogP contribution is -2.52. The van der Waals surface area contributed by atoms with E-state index in [1.54, 1.807) is 48.5 Å². The molecule has 2 amide bonds. The van der Waals surface area contributed by atoms with Crippen molar-refractivity contribution in [2.75, 3.05) is 31.3 Å². The summed E-state index contributed by atoms with van der Waals surface area (Å²) in [5.41, 5.74) is 1.78. The molecular formula is C27H30ClN3O5S. The molecule has 1 atom stereocenters. The highest BCUT2D eigenvalue weighted by Gasteiger charge is 2.33. The van der Waals surface area contributed by atoms with Crippen LogP contribution in [0.2, 0.25) is 5.02 Å². The molecule has 3 aromatic rings. The van der Waals surface area contributed by atoms with Gasteiger partial charge in [0.25, 0.3) is 0 Å². The van der Waals surface area contributed by atoms with Gasteiger partial charge in [-0.15, -0.1) is 0 Å². The van der Waals surface area contributed by atoms with Crippen LogP contribution < -0.4 is 14.4 Å². The summed E-state index contributed by atoms with van der Waals surface area (Å²) in [4.78, 5) is 28.4. The number of benzene rings is 3. The van der Waals surface area contributed by atoms with E-state index >= 15 is 0 Å². The highest BCUT2D eigenvalue weighted by molar-refractivity contribution is 7.92. The minimum absolute atomic E-state index is 0.0494. The largest absolute Gasteiger partial charge is 0.495 e. The van der Waals surface area contributed by atoms with E-state index in [0.717, 1.165) is 16.1 Å². The first-order chi connectivity index (χ1) is 17.6. The molecule has 0 fully saturated rings. The molecule has 0 aliphatic rings. The molecule has 0 spiro atoms. The van der Waals surface area contributed by atoms with Gasteiger partial charge in [-0.05, 0) is 35.4 Å². The topological polar surface area (TPSA) is 96.0 Å². The van der Waals surface area contributed by atoms with Crippen LogP contribution >= 0.6 is 11.6 Å². The van der Waals surface area contributed by atoms with Gasteiger partial charge in [-0.2, -0.15) is 0 Å². The van der Waals surface area contributed by atoms with E-state index in [1.165, 1.54) is 19.1 Å². The number of anilines is 1. The molecule has 0 aliphatic heterocycles. The Hall–Kier alpha value is -3.56. The number of halogens is 1. The summed E-state index contributed by atoms with van der Waals surface area (Å²) in [5.74, 6) is -0.627. The quantitative estimate of drug-likeness (QED) is 0.399. The summed E-state index contributed by atoms with van der Waals surface area (Å²) in [5, 5.41) is 3.12. The van der Waals surface area contributed by atoms with Crippen LogP contribution in [-0.4, -0.2) is 58.1 Å². The van der Waals surface area contributed by atoms with Crippen LogP contribution in [0.3, 0.4) is 0 Å². The molecule has 0 saturated carbocycles. The van der Waals surface area contributed by atoms with E-state index in [0.29, 0.717) is 16.3 Å². The fourth-order valence-electron chi connectivity index (χ4n) is 3.98. The van der Waals surface area contributed by atoms with Crippen molar-refractivity contribution in [2.45, 2.75) is 19.0 Å². The fraction of sp³-hybridized carbons (Fsp3) is 0.259. The Morgan fingerprint density at radius 2 is 1.62 bits per heavy atom. The normalized spacial score (nSPS) is 11.9. The van der Waals surface area contributed by atoms with Crippen molar-refractivity contribution in [3.8, 4) is 5.75 Å². The number of hydrogen-bond acceptors (Lipinski definition) is 5. The zero-order valence-electron chi connectivity index (χ0n) is 20.9. The van der Waals surface area contributed by atoms with Crippen LogP contribution in [0.4, 0.5) is 5.69 Å². The molecule has 0 heterocycles. The van der Waals surface area contributed by atoms with E-state index in [2.05, 4.69) is 5.32 Å². The van der Waals surface area contributed by atoms with Crippen LogP contribution in [0.25, 0.3) is 0 Å². The van der Waals surface area contributed by atoms with Gasteiger partial charge in [-0.3, -0.25) is 13.9 Å². The maximum atomic E-state index is 13.9. The second-order valence-electron chi connectivity index (χ2n) is 8.41. The third kappa shape index (κ3) is 7.47. The predicted molar refractivity (Wildman–Crippen MR) is 145 cm³/mol. The van der Waals surface area contributed by atoms with E-state index in [4.69, 9.17) is 16.3 Å². The molecule has 196 valence electrons. The van der Waals surface area contributed by atoms with Crippen LogP contribution in [0.5, 0.6) is 5.75 Å². The molecule has 37 heavy (non-hydrogen) atoms. The van der Waals surface area contributed by atoms with Gasteiger partial charge in [0, 0.05) is 25.0 Å². The number of methoxy groups -OCH3 is 1. The molecule has 0 saturated heterocycles. The Balaban J connectivity index is 2.05. The molecule has 0 radical (unpaired) electrons. The minimum Gasteiger partial charge on any atom is -0.495 e. The Labute approximate surface area is 222 Å². The molecule has 10 heteroatoms. The first-order valence-corrected chi connectivity index (χ1v) is 13.8. The van der Waals surface area contributed by atoms with Crippen molar-refractivity contribution in [3.63, 3.8) is 0 Å². The van der Waals surface area contributed by atoms with Gasteiger partial charge in [0.1, 0.15) is 18.3 Å². The molecule has 3 aromatic carbocycles. The number of para-hydroxylation sites is 2. The van der Waals surface area contributed by atoms with Crippen LogP contribution in [0, 0.1) is 0 Å². The molecule has 0 aromatic heterocycles. The second kappa shape index (κ2) is 12.6. The predicted octanol–water partition coefficient (Wildman–Crippen LogP) is 3.50. The van der Waals surface area contributed by atoms with Gasteiger partial charge in [0.2, 0.25) is 21.8 Å².